The third-order valence-electron chi connectivity index (χ3n) is 3.40. The Balaban J connectivity index is 2.83. The van der Waals surface area contributed by atoms with Gasteiger partial charge < -0.3 is 0 Å². The lowest BCUT2D eigenvalue weighted by Gasteiger charge is -2.17. The molecule has 0 aliphatic rings. The minimum atomic E-state index is -0.332. The molecule has 0 bridgehead atoms. The van der Waals surface area contributed by atoms with E-state index in [1.54, 1.807) is 35.0 Å². The average Bonchev–Trinajstić information content (AvgIpc) is 2.40. The van der Waals surface area contributed by atoms with Crippen LogP contribution in [0.2, 0.25) is 5.02 Å². The molecule has 4 nitrogen and oxygen atoms in total. The third kappa shape index (κ3) is 2.95. The fourth-order valence-electron chi connectivity index (χ4n) is 2.18. The molecule has 21 heavy (non-hydrogen) atoms. The Morgan fingerprint density at radius 3 is 2.05 bits per heavy atom. The average molecular weight is 307 g/mol. The van der Waals surface area contributed by atoms with E-state index in [0.29, 0.717) is 16.3 Å². The van der Waals surface area contributed by atoms with Crippen LogP contribution < -0.4 is 11.2 Å². The van der Waals surface area contributed by atoms with E-state index in [4.69, 9.17) is 11.6 Å². The van der Waals surface area contributed by atoms with E-state index in [-0.39, 0.29) is 23.2 Å². The molecule has 112 valence electrons. The molecule has 0 aliphatic heterocycles. The SMILES string of the molecule is CC(C)c1cn(C(C)C)c(=O)n(-c2ccc(Cl)cc2)c1=O. The number of benzene rings is 1. The molecule has 1 aromatic heterocycles. The lowest BCUT2D eigenvalue weighted by atomic mass is 10.1. The van der Waals surface area contributed by atoms with Gasteiger partial charge in [-0.05, 0) is 44.0 Å². The van der Waals surface area contributed by atoms with Crippen LogP contribution in [-0.2, 0) is 0 Å². The fraction of sp³-hybridized carbons (Fsp3) is 0.375. The Kier molecular flexibility index (Phi) is 4.37. The predicted molar refractivity (Wildman–Crippen MR) is 85.8 cm³/mol. The second-order valence-corrected chi connectivity index (χ2v) is 6.08. The summed E-state index contributed by atoms with van der Waals surface area (Å²) in [7, 11) is 0. The summed E-state index contributed by atoms with van der Waals surface area (Å²) in [6.07, 6.45) is 1.67. The zero-order valence-corrected chi connectivity index (χ0v) is 13.4. The summed E-state index contributed by atoms with van der Waals surface area (Å²) >= 11 is 5.87. The highest BCUT2D eigenvalue weighted by Gasteiger charge is 2.16. The summed E-state index contributed by atoms with van der Waals surface area (Å²) in [6, 6.07) is 6.68. The maximum absolute atomic E-state index is 12.6. The first-order chi connectivity index (χ1) is 9.82. The number of aromatic nitrogens is 2. The van der Waals surface area contributed by atoms with Crippen molar-refractivity contribution in [1.29, 1.82) is 0 Å². The van der Waals surface area contributed by atoms with Gasteiger partial charge >= 0.3 is 5.69 Å². The van der Waals surface area contributed by atoms with Crippen LogP contribution in [0.25, 0.3) is 5.69 Å². The lowest BCUT2D eigenvalue weighted by Crippen LogP contribution is -2.41. The second-order valence-electron chi connectivity index (χ2n) is 5.64. The van der Waals surface area contributed by atoms with E-state index in [2.05, 4.69) is 0 Å². The monoisotopic (exact) mass is 306 g/mol. The zero-order chi connectivity index (χ0) is 15.7. The minimum Gasteiger partial charge on any atom is -0.297 e. The van der Waals surface area contributed by atoms with E-state index in [1.807, 2.05) is 27.7 Å². The van der Waals surface area contributed by atoms with Gasteiger partial charge in [-0.3, -0.25) is 9.36 Å². The second kappa shape index (κ2) is 5.90. The van der Waals surface area contributed by atoms with E-state index >= 15 is 0 Å². The molecule has 5 heteroatoms. The van der Waals surface area contributed by atoms with Crippen LogP contribution in [0.15, 0.2) is 40.1 Å². The molecule has 2 aromatic rings. The van der Waals surface area contributed by atoms with Crippen LogP contribution in [0, 0.1) is 0 Å². The molecule has 0 amide bonds. The maximum Gasteiger partial charge on any atom is 0.335 e. The number of hydrogen-bond donors (Lipinski definition) is 0. The predicted octanol–water partition coefficient (Wildman–Crippen LogP) is 3.36. The van der Waals surface area contributed by atoms with Crippen molar-refractivity contribution in [2.75, 3.05) is 0 Å². The topological polar surface area (TPSA) is 44.0 Å². The highest BCUT2D eigenvalue weighted by Crippen LogP contribution is 2.14. The smallest absolute Gasteiger partial charge is 0.297 e. The first kappa shape index (κ1) is 15.6. The summed E-state index contributed by atoms with van der Waals surface area (Å²) in [5, 5.41) is 0.566. The number of nitrogens with zero attached hydrogens (tertiary/aromatic N) is 2. The molecule has 2 rings (SSSR count). The molecule has 0 N–H and O–H groups in total. The highest BCUT2D eigenvalue weighted by molar-refractivity contribution is 6.30. The van der Waals surface area contributed by atoms with Crippen LogP contribution in [0.4, 0.5) is 0 Å². The molecule has 0 atom stereocenters. The van der Waals surface area contributed by atoms with Crippen LogP contribution in [0.1, 0.15) is 45.2 Å². The Hall–Kier alpha value is -1.81. The van der Waals surface area contributed by atoms with Crippen molar-refractivity contribution >= 4 is 11.6 Å². The Morgan fingerprint density at radius 2 is 1.57 bits per heavy atom. The van der Waals surface area contributed by atoms with Crippen LogP contribution in [0.3, 0.4) is 0 Å². The molecule has 1 heterocycles. The molecule has 1 aromatic carbocycles. The highest BCUT2D eigenvalue weighted by atomic mass is 35.5. The molecule has 0 saturated heterocycles. The van der Waals surface area contributed by atoms with Crippen LogP contribution in [-0.4, -0.2) is 9.13 Å². The molecule has 0 unspecified atom stereocenters. The van der Waals surface area contributed by atoms with Crippen molar-refractivity contribution in [3.05, 3.63) is 61.9 Å². The number of hydrogen-bond acceptors (Lipinski definition) is 2. The van der Waals surface area contributed by atoms with E-state index in [1.165, 1.54) is 4.57 Å². The van der Waals surface area contributed by atoms with Gasteiger partial charge in [-0.25, -0.2) is 9.36 Å². The molecular formula is C16H19ClN2O2. The Bertz CT molecular complexity index is 715. The molecule has 0 aliphatic carbocycles. The van der Waals surface area contributed by atoms with Gasteiger partial charge in [-0.1, -0.05) is 25.4 Å². The van der Waals surface area contributed by atoms with Crippen molar-refractivity contribution in [2.45, 2.75) is 39.7 Å². The first-order valence-electron chi connectivity index (χ1n) is 6.97. The van der Waals surface area contributed by atoms with Gasteiger partial charge in [0.2, 0.25) is 0 Å². The Morgan fingerprint density at radius 1 is 1.00 bits per heavy atom. The van der Waals surface area contributed by atoms with Gasteiger partial charge in [-0.2, -0.15) is 0 Å². The molecule has 0 saturated carbocycles. The van der Waals surface area contributed by atoms with E-state index < -0.39 is 0 Å². The van der Waals surface area contributed by atoms with Crippen LogP contribution in [0.5, 0.6) is 0 Å². The van der Waals surface area contributed by atoms with E-state index in [0.717, 1.165) is 0 Å². The van der Waals surface area contributed by atoms with Gasteiger partial charge in [-0.15, -0.1) is 0 Å². The zero-order valence-electron chi connectivity index (χ0n) is 12.6. The summed E-state index contributed by atoms with van der Waals surface area (Å²) in [4.78, 5) is 25.2. The van der Waals surface area contributed by atoms with Crippen molar-refractivity contribution in [3.63, 3.8) is 0 Å². The third-order valence-corrected chi connectivity index (χ3v) is 3.66. The summed E-state index contributed by atoms with van der Waals surface area (Å²) in [5.41, 5.74) is 0.556. The quantitative estimate of drug-likeness (QED) is 0.873. The molecule has 0 fully saturated rings. The fourth-order valence-corrected chi connectivity index (χ4v) is 2.30. The summed E-state index contributed by atoms with van der Waals surface area (Å²) < 4.78 is 2.80. The molecule has 0 spiro atoms. The standard InChI is InChI=1S/C16H19ClN2O2/c1-10(2)14-9-18(11(3)4)16(21)19(15(14)20)13-7-5-12(17)6-8-13/h5-11H,1-4H3. The minimum absolute atomic E-state index is 0.0193. The maximum atomic E-state index is 12.6. The van der Waals surface area contributed by atoms with Crippen molar-refractivity contribution in [1.82, 2.24) is 9.13 Å². The largest absolute Gasteiger partial charge is 0.335 e. The van der Waals surface area contributed by atoms with Gasteiger partial charge in [0.1, 0.15) is 0 Å². The summed E-state index contributed by atoms with van der Waals surface area (Å²) in [5.74, 6) is 0.0432. The van der Waals surface area contributed by atoms with Gasteiger partial charge in [0.05, 0.1) is 5.69 Å². The van der Waals surface area contributed by atoms with Gasteiger partial charge in [0.15, 0.2) is 0 Å². The lowest BCUT2D eigenvalue weighted by molar-refractivity contribution is 0.536. The van der Waals surface area contributed by atoms with Gasteiger partial charge in [0, 0.05) is 22.8 Å². The Labute approximate surface area is 128 Å². The van der Waals surface area contributed by atoms with Crippen molar-refractivity contribution in [2.24, 2.45) is 0 Å². The number of halogens is 1. The van der Waals surface area contributed by atoms with Crippen molar-refractivity contribution in [3.8, 4) is 5.69 Å². The first-order valence-corrected chi connectivity index (χ1v) is 7.34. The number of rotatable bonds is 3. The summed E-state index contributed by atoms with van der Waals surface area (Å²) in [6.45, 7) is 7.72. The van der Waals surface area contributed by atoms with E-state index in [9.17, 15) is 9.59 Å². The van der Waals surface area contributed by atoms with Crippen LogP contribution >= 0.6 is 11.6 Å². The molecule has 0 radical (unpaired) electrons. The normalized spacial score (nSPS) is 11.4. The van der Waals surface area contributed by atoms with Gasteiger partial charge in [0.25, 0.3) is 5.56 Å². The molecular weight excluding hydrogens is 288 g/mol. The van der Waals surface area contributed by atoms with Crippen molar-refractivity contribution < 1.29 is 0 Å².